The molecule has 0 aliphatic rings. The molecular weight excluding hydrogens is 176 g/mol. The molecule has 0 N–H and O–H groups in total. The van der Waals surface area contributed by atoms with Gasteiger partial charge in [0.1, 0.15) is 11.0 Å². The molecule has 3 heteroatoms. The van der Waals surface area contributed by atoms with E-state index in [0.717, 1.165) is 17.5 Å². The van der Waals surface area contributed by atoms with Gasteiger partial charge in [-0.05, 0) is 28.4 Å². The Labute approximate surface area is 84.1 Å². The molecule has 76 valence electrons. The van der Waals surface area contributed by atoms with Crippen LogP contribution < -0.4 is 0 Å². The molecular formula is C11H16N2O. The maximum Gasteiger partial charge on any atom is 0.138 e. The molecule has 1 aromatic heterocycles. The average molecular weight is 192 g/mol. The minimum atomic E-state index is 0.837. The van der Waals surface area contributed by atoms with E-state index in [2.05, 4.69) is 35.7 Å². The van der Waals surface area contributed by atoms with Gasteiger partial charge in [-0.1, -0.05) is 39.3 Å². The molecule has 2 rings (SSSR count). The van der Waals surface area contributed by atoms with Crippen molar-refractivity contribution in [2.75, 3.05) is 0 Å². The number of fused-ring (bicyclic) bond motifs is 1. The highest BCUT2D eigenvalue weighted by Crippen LogP contribution is 2.14. The molecule has 0 unspecified atom stereocenters. The molecule has 0 saturated carbocycles. The normalized spacial score (nSPS) is 9.64. The van der Waals surface area contributed by atoms with Crippen LogP contribution in [0, 0.1) is 0 Å². The highest BCUT2D eigenvalue weighted by atomic mass is 16.6. The Morgan fingerprint density at radius 3 is 2.50 bits per heavy atom. The van der Waals surface area contributed by atoms with E-state index in [1.165, 1.54) is 12.0 Å². The Morgan fingerprint density at radius 1 is 1.14 bits per heavy atom. The van der Waals surface area contributed by atoms with Gasteiger partial charge in [-0.3, -0.25) is 0 Å². The van der Waals surface area contributed by atoms with E-state index >= 15 is 0 Å². The van der Waals surface area contributed by atoms with Crippen molar-refractivity contribution in [3.63, 3.8) is 0 Å². The third kappa shape index (κ3) is 2.31. The second kappa shape index (κ2) is 5.37. The lowest BCUT2D eigenvalue weighted by Crippen LogP contribution is -1.81. The van der Waals surface area contributed by atoms with E-state index in [9.17, 15) is 0 Å². The number of hydrogen-bond acceptors (Lipinski definition) is 3. The van der Waals surface area contributed by atoms with Crippen LogP contribution in [0.1, 0.15) is 32.8 Å². The number of nitrogens with zero attached hydrogens (tertiary/aromatic N) is 2. The van der Waals surface area contributed by atoms with Gasteiger partial charge in [-0.2, -0.15) is 0 Å². The van der Waals surface area contributed by atoms with Gasteiger partial charge in [0.05, 0.1) is 0 Å². The highest BCUT2D eigenvalue weighted by Gasteiger charge is 2.02. The topological polar surface area (TPSA) is 38.9 Å². The molecule has 2 aromatic rings. The zero-order chi connectivity index (χ0) is 10.4. The molecule has 0 bridgehead atoms. The minimum absolute atomic E-state index is 0.837. The van der Waals surface area contributed by atoms with Gasteiger partial charge >= 0.3 is 0 Å². The average Bonchev–Trinajstić information content (AvgIpc) is 2.66. The molecule has 0 spiro atoms. The van der Waals surface area contributed by atoms with E-state index in [-0.39, 0.29) is 0 Å². The SMILES string of the molecule is CCC.CCc1cccc2nonc12. The molecule has 0 aliphatic heterocycles. The summed E-state index contributed by atoms with van der Waals surface area (Å²) in [6.45, 7) is 6.34. The van der Waals surface area contributed by atoms with Gasteiger partial charge < -0.3 is 0 Å². The zero-order valence-electron chi connectivity index (χ0n) is 8.95. The van der Waals surface area contributed by atoms with Gasteiger partial charge in [-0.25, -0.2) is 4.63 Å². The molecule has 1 heterocycles. The molecule has 0 aliphatic carbocycles. The Morgan fingerprint density at radius 2 is 1.86 bits per heavy atom. The van der Waals surface area contributed by atoms with Crippen molar-refractivity contribution >= 4 is 11.0 Å². The van der Waals surface area contributed by atoms with Crippen LogP contribution in [0.5, 0.6) is 0 Å². The molecule has 0 fully saturated rings. The molecule has 0 atom stereocenters. The summed E-state index contributed by atoms with van der Waals surface area (Å²) in [5, 5.41) is 7.54. The Hall–Kier alpha value is -1.38. The summed E-state index contributed by atoms with van der Waals surface area (Å²) in [4.78, 5) is 0. The van der Waals surface area contributed by atoms with Gasteiger partial charge in [0.2, 0.25) is 0 Å². The predicted octanol–water partition coefficient (Wildman–Crippen LogP) is 3.20. The number of benzene rings is 1. The quantitative estimate of drug-likeness (QED) is 0.696. The van der Waals surface area contributed by atoms with Gasteiger partial charge in [0.25, 0.3) is 0 Å². The summed E-state index contributed by atoms with van der Waals surface area (Å²) in [6.07, 6.45) is 2.21. The molecule has 0 saturated heterocycles. The van der Waals surface area contributed by atoms with Gasteiger partial charge in [0.15, 0.2) is 0 Å². The first kappa shape index (κ1) is 10.7. The second-order valence-corrected chi connectivity index (χ2v) is 3.11. The summed E-state index contributed by atoms with van der Waals surface area (Å²) in [5.41, 5.74) is 2.91. The summed E-state index contributed by atoms with van der Waals surface area (Å²) < 4.78 is 4.61. The van der Waals surface area contributed by atoms with Crippen molar-refractivity contribution in [2.24, 2.45) is 0 Å². The first-order valence-electron chi connectivity index (χ1n) is 5.03. The minimum Gasteiger partial charge on any atom is -0.243 e. The molecule has 14 heavy (non-hydrogen) atoms. The maximum absolute atomic E-state index is 4.61. The van der Waals surface area contributed by atoms with Crippen molar-refractivity contribution in [3.05, 3.63) is 23.8 Å². The zero-order valence-corrected chi connectivity index (χ0v) is 8.95. The predicted molar refractivity (Wildman–Crippen MR) is 57.1 cm³/mol. The number of rotatable bonds is 1. The lowest BCUT2D eigenvalue weighted by atomic mass is 10.1. The number of aromatic nitrogens is 2. The second-order valence-electron chi connectivity index (χ2n) is 3.11. The maximum atomic E-state index is 4.61. The van der Waals surface area contributed by atoms with Crippen molar-refractivity contribution in [1.82, 2.24) is 10.3 Å². The van der Waals surface area contributed by atoms with Crippen LogP contribution in [0.2, 0.25) is 0 Å². The molecule has 0 radical (unpaired) electrons. The van der Waals surface area contributed by atoms with Crippen molar-refractivity contribution in [2.45, 2.75) is 33.6 Å². The van der Waals surface area contributed by atoms with Crippen molar-refractivity contribution < 1.29 is 4.63 Å². The fraction of sp³-hybridized carbons (Fsp3) is 0.455. The van der Waals surface area contributed by atoms with Crippen LogP contribution in [0.15, 0.2) is 22.8 Å². The summed E-state index contributed by atoms with van der Waals surface area (Å²) in [5.74, 6) is 0. The standard InChI is InChI=1S/C8H8N2O.C3H8/c1-2-6-4-3-5-7-8(6)10-11-9-7;1-3-2/h3-5H,2H2,1H3;3H2,1-2H3. The number of hydrogen-bond donors (Lipinski definition) is 0. The Bertz CT molecular complexity index is 381. The smallest absolute Gasteiger partial charge is 0.138 e. The Kier molecular flexibility index (Phi) is 4.11. The van der Waals surface area contributed by atoms with Crippen LogP contribution in [-0.2, 0) is 6.42 Å². The van der Waals surface area contributed by atoms with Crippen LogP contribution in [-0.4, -0.2) is 10.3 Å². The van der Waals surface area contributed by atoms with Crippen LogP contribution in [0.25, 0.3) is 11.0 Å². The fourth-order valence-electron chi connectivity index (χ4n) is 1.15. The first-order chi connectivity index (χ1) is 6.83. The van der Waals surface area contributed by atoms with E-state index in [1.54, 1.807) is 0 Å². The third-order valence-electron chi connectivity index (χ3n) is 1.75. The van der Waals surface area contributed by atoms with Crippen molar-refractivity contribution in [3.8, 4) is 0 Å². The molecule has 1 aromatic carbocycles. The fourth-order valence-corrected chi connectivity index (χ4v) is 1.15. The van der Waals surface area contributed by atoms with E-state index < -0.39 is 0 Å². The lowest BCUT2D eigenvalue weighted by molar-refractivity contribution is 0.315. The third-order valence-corrected chi connectivity index (χ3v) is 1.75. The van der Waals surface area contributed by atoms with Crippen molar-refractivity contribution in [1.29, 1.82) is 0 Å². The van der Waals surface area contributed by atoms with Crippen LogP contribution in [0.4, 0.5) is 0 Å². The summed E-state index contributed by atoms with van der Waals surface area (Å²) >= 11 is 0. The summed E-state index contributed by atoms with van der Waals surface area (Å²) in [7, 11) is 0. The lowest BCUT2D eigenvalue weighted by Gasteiger charge is -1.92. The molecule has 3 nitrogen and oxygen atoms in total. The summed E-state index contributed by atoms with van der Waals surface area (Å²) in [6, 6.07) is 5.89. The van der Waals surface area contributed by atoms with Gasteiger partial charge in [0, 0.05) is 0 Å². The number of aryl methyl sites for hydroxylation is 1. The monoisotopic (exact) mass is 192 g/mol. The largest absolute Gasteiger partial charge is 0.243 e. The van der Waals surface area contributed by atoms with E-state index in [1.807, 2.05) is 18.2 Å². The Balaban J connectivity index is 0.000000293. The van der Waals surface area contributed by atoms with E-state index in [0.29, 0.717) is 0 Å². The van der Waals surface area contributed by atoms with E-state index in [4.69, 9.17) is 0 Å². The molecule has 0 amide bonds. The highest BCUT2D eigenvalue weighted by molar-refractivity contribution is 5.76. The van der Waals surface area contributed by atoms with Gasteiger partial charge in [-0.15, -0.1) is 0 Å². The first-order valence-corrected chi connectivity index (χ1v) is 5.03. The van der Waals surface area contributed by atoms with Crippen LogP contribution >= 0.6 is 0 Å². The van der Waals surface area contributed by atoms with Crippen LogP contribution in [0.3, 0.4) is 0 Å².